The van der Waals surface area contributed by atoms with Crippen LogP contribution in [-0.4, -0.2) is 30.4 Å². The highest BCUT2D eigenvalue weighted by atomic mass is 19.1. The molecule has 2 aliphatic rings. The lowest BCUT2D eigenvalue weighted by molar-refractivity contribution is -0.124. The molecule has 0 aromatic heterocycles. The normalized spacial score (nSPS) is 24.7. The number of rotatable bonds is 4. The van der Waals surface area contributed by atoms with Gasteiger partial charge < -0.3 is 16.0 Å². The van der Waals surface area contributed by atoms with Crippen molar-refractivity contribution in [3.63, 3.8) is 0 Å². The van der Waals surface area contributed by atoms with Gasteiger partial charge in [0.25, 0.3) is 0 Å². The molecule has 0 aliphatic carbocycles. The van der Waals surface area contributed by atoms with E-state index in [1.807, 2.05) is 13.0 Å². The molecular formula is C20H23FN4O2. The lowest BCUT2D eigenvalue weighted by Gasteiger charge is -2.42. The number of hydrogen-bond donors (Lipinski definition) is 3. The second-order valence-electron chi connectivity index (χ2n) is 7.17. The van der Waals surface area contributed by atoms with Crippen LogP contribution in [-0.2, 0) is 16.1 Å². The van der Waals surface area contributed by atoms with E-state index in [2.05, 4.69) is 22.9 Å². The molecule has 142 valence electrons. The van der Waals surface area contributed by atoms with Crippen molar-refractivity contribution in [2.75, 3.05) is 6.54 Å². The van der Waals surface area contributed by atoms with Crippen molar-refractivity contribution >= 4 is 11.8 Å². The molecule has 1 aromatic carbocycles. The highest BCUT2D eigenvalue weighted by Crippen LogP contribution is 2.32. The summed E-state index contributed by atoms with van der Waals surface area (Å²) < 4.78 is 13.9. The number of piperidine rings is 1. The number of nitrogens with one attached hydrogen (secondary N) is 3. The molecule has 3 N–H and O–H groups in total. The Labute approximate surface area is 157 Å². The van der Waals surface area contributed by atoms with E-state index in [4.69, 9.17) is 5.26 Å². The lowest BCUT2D eigenvalue weighted by Crippen LogP contribution is -2.57. The summed E-state index contributed by atoms with van der Waals surface area (Å²) in [6, 6.07) is 6.32. The van der Waals surface area contributed by atoms with E-state index in [0.717, 1.165) is 24.6 Å². The molecule has 3 rings (SSSR count). The third kappa shape index (κ3) is 4.01. The predicted molar refractivity (Wildman–Crippen MR) is 97.8 cm³/mol. The van der Waals surface area contributed by atoms with Crippen molar-refractivity contribution in [1.29, 1.82) is 5.26 Å². The molecule has 3 atom stereocenters. The minimum atomic E-state index is -0.537. The summed E-state index contributed by atoms with van der Waals surface area (Å²) in [5, 5.41) is 17.9. The zero-order valence-electron chi connectivity index (χ0n) is 15.4. The highest BCUT2D eigenvalue weighted by Gasteiger charge is 2.39. The predicted octanol–water partition coefficient (Wildman–Crippen LogP) is 1.52. The Balaban J connectivity index is 1.67. The molecule has 3 unspecified atom stereocenters. The summed E-state index contributed by atoms with van der Waals surface area (Å²) in [4.78, 5) is 24.8. The van der Waals surface area contributed by atoms with Crippen LogP contribution in [0.5, 0.6) is 0 Å². The zero-order chi connectivity index (χ0) is 19.6. The average Bonchev–Trinajstić information content (AvgIpc) is 2.63. The van der Waals surface area contributed by atoms with Crippen molar-refractivity contribution in [2.24, 2.45) is 5.92 Å². The van der Waals surface area contributed by atoms with E-state index < -0.39 is 5.82 Å². The van der Waals surface area contributed by atoms with E-state index in [1.165, 1.54) is 12.1 Å². The van der Waals surface area contributed by atoms with Crippen molar-refractivity contribution in [1.82, 2.24) is 16.0 Å². The van der Waals surface area contributed by atoms with Gasteiger partial charge in [0.1, 0.15) is 5.82 Å². The molecule has 2 heterocycles. The van der Waals surface area contributed by atoms with Crippen LogP contribution in [0.3, 0.4) is 0 Å². The van der Waals surface area contributed by atoms with Gasteiger partial charge in [0.05, 0.1) is 18.1 Å². The molecule has 0 bridgehead atoms. The molecule has 1 fully saturated rings. The number of fused-ring (bicyclic) bond motifs is 1. The second-order valence-corrected chi connectivity index (χ2v) is 7.17. The summed E-state index contributed by atoms with van der Waals surface area (Å²) in [7, 11) is 0. The maximum atomic E-state index is 13.9. The fourth-order valence-electron chi connectivity index (χ4n) is 3.99. The number of halogens is 1. The van der Waals surface area contributed by atoms with Crippen LogP contribution in [0.4, 0.5) is 4.39 Å². The molecule has 27 heavy (non-hydrogen) atoms. The summed E-state index contributed by atoms with van der Waals surface area (Å²) in [6.07, 6.45) is 0.834. The molecule has 2 amide bonds. The molecule has 0 radical (unpaired) electrons. The number of carbonyl (C=O) groups excluding carboxylic acids is 2. The van der Waals surface area contributed by atoms with Gasteiger partial charge in [-0.1, -0.05) is 11.6 Å². The van der Waals surface area contributed by atoms with Crippen LogP contribution < -0.4 is 16.0 Å². The monoisotopic (exact) mass is 370 g/mol. The molecule has 1 saturated heterocycles. The largest absolute Gasteiger partial charge is 0.352 e. The molecule has 7 heteroatoms. The highest BCUT2D eigenvalue weighted by molar-refractivity contribution is 6.00. The first-order valence-electron chi connectivity index (χ1n) is 9.09. The lowest BCUT2D eigenvalue weighted by atomic mass is 9.76. The number of hydrogen-bond acceptors (Lipinski definition) is 4. The first kappa shape index (κ1) is 19.1. The Morgan fingerprint density at radius 1 is 1.44 bits per heavy atom. The number of amides is 2. The first-order valence-corrected chi connectivity index (χ1v) is 9.09. The van der Waals surface area contributed by atoms with Crippen molar-refractivity contribution in [2.45, 2.75) is 45.3 Å². The third-order valence-corrected chi connectivity index (χ3v) is 5.46. The van der Waals surface area contributed by atoms with Gasteiger partial charge in [-0.05, 0) is 38.9 Å². The van der Waals surface area contributed by atoms with Gasteiger partial charge in [0.15, 0.2) is 0 Å². The number of nitrogens with zero attached hydrogens (tertiary/aromatic N) is 1. The fourth-order valence-corrected chi connectivity index (χ4v) is 3.99. The van der Waals surface area contributed by atoms with Crippen molar-refractivity contribution in [3.8, 4) is 6.07 Å². The van der Waals surface area contributed by atoms with Crippen LogP contribution in [0.25, 0.3) is 0 Å². The standard InChI is InChI=1S/C20H23FN4O2/c1-11-15(20(27)25-17-5-6-23-12(2)19(11)17)8-18(26)24-10-14-4-3-13(9-22)7-16(14)21/h3-4,7,12,17,19,23H,5-6,8,10H2,1-2H3,(H,24,26)(H,25,27). The van der Waals surface area contributed by atoms with Gasteiger partial charge in [-0.3, -0.25) is 9.59 Å². The molecule has 2 aliphatic heterocycles. The average molecular weight is 370 g/mol. The number of nitriles is 1. The maximum absolute atomic E-state index is 13.9. The summed E-state index contributed by atoms with van der Waals surface area (Å²) in [5.41, 5.74) is 1.96. The third-order valence-electron chi connectivity index (χ3n) is 5.46. The smallest absolute Gasteiger partial charge is 0.247 e. The van der Waals surface area contributed by atoms with Crippen molar-refractivity contribution in [3.05, 3.63) is 46.3 Å². The van der Waals surface area contributed by atoms with Gasteiger partial charge in [0, 0.05) is 35.7 Å². The van der Waals surface area contributed by atoms with Gasteiger partial charge in [-0.25, -0.2) is 4.39 Å². The van der Waals surface area contributed by atoms with Crippen LogP contribution in [0.15, 0.2) is 29.3 Å². The molecular weight excluding hydrogens is 347 g/mol. The molecule has 6 nitrogen and oxygen atoms in total. The van der Waals surface area contributed by atoms with E-state index >= 15 is 0 Å². The molecule has 1 aromatic rings. The Kier molecular flexibility index (Phi) is 5.57. The van der Waals surface area contributed by atoms with Gasteiger partial charge in [0.2, 0.25) is 11.8 Å². The minimum absolute atomic E-state index is 0.00827. The SMILES string of the molecule is CC1=C(CC(=O)NCc2ccc(C#N)cc2F)C(=O)NC2CCNC(C)C12. The van der Waals surface area contributed by atoms with E-state index in [9.17, 15) is 14.0 Å². The fraction of sp³-hybridized carbons (Fsp3) is 0.450. The second kappa shape index (κ2) is 7.89. The number of carbonyl (C=O) groups is 2. The van der Waals surface area contributed by atoms with E-state index in [0.29, 0.717) is 11.1 Å². The van der Waals surface area contributed by atoms with E-state index in [-0.39, 0.29) is 48.3 Å². The topological polar surface area (TPSA) is 94.0 Å². The van der Waals surface area contributed by atoms with E-state index in [1.54, 1.807) is 0 Å². The quantitative estimate of drug-likeness (QED) is 0.749. The number of benzene rings is 1. The van der Waals surface area contributed by atoms with Crippen LogP contribution in [0, 0.1) is 23.1 Å². The summed E-state index contributed by atoms with van der Waals surface area (Å²) in [6.45, 7) is 4.88. The Morgan fingerprint density at radius 2 is 2.22 bits per heavy atom. The van der Waals surface area contributed by atoms with Gasteiger partial charge in [-0.2, -0.15) is 5.26 Å². The Hall–Kier alpha value is -2.72. The van der Waals surface area contributed by atoms with Gasteiger partial charge >= 0.3 is 0 Å². The van der Waals surface area contributed by atoms with Crippen LogP contribution in [0.2, 0.25) is 0 Å². The summed E-state index contributed by atoms with van der Waals surface area (Å²) in [5.74, 6) is -0.888. The minimum Gasteiger partial charge on any atom is -0.352 e. The Morgan fingerprint density at radius 3 is 2.93 bits per heavy atom. The van der Waals surface area contributed by atoms with Crippen LogP contribution >= 0.6 is 0 Å². The first-order chi connectivity index (χ1) is 12.9. The van der Waals surface area contributed by atoms with Crippen LogP contribution in [0.1, 0.15) is 37.8 Å². The maximum Gasteiger partial charge on any atom is 0.247 e. The van der Waals surface area contributed by atoms with Gasteiger partial charge in [-0.15, -0.1) is 0 Å². The summed E-state index contributed by atoms with van der Waals surface area (Å²) >= 11 is 0. The zero-order valence-corrected chi connectivity index (χ0v) is 15.4. The van der Waals surface area contributed by atoms with Crippen molar-refractivity contribution < 1.29 is 14.0 Å². The molecule has 0 saturated carbocycles. The Bertz CT molecular complexity index is 843. The molecule has 0 spiro atoms.